The molecular formula is C24H29N5O2. The Labute approximate surface area is 182 Å². The molecule has 1 amide bonds. The summed E-state index contributed by atoms with van der Waals surface area (Å²) < 4.78 is 5.54. The molecule has 31 heavy (non-hydrogen) atoms. The summed E-state index contributed by atoms with van der Waals surface area (Å²) in [5.41, 5.74) is 5.29. The molecule has 1 N–H and O–H groups in total. The van der Waals surface area contributed by atoms with Crippen molar-refractivity contribution in [1.82, 2.24) is 20.3 Å². The molecule has 1 aliphatic heterocycles. The summed E-state index contributed by atoms with van der Waals surface area (Å²) in [7, 11) is 0. The Hall–Kier alpha value is -3.22. The minimum absolute atomic E-state index is 0.0506. The number of nitrogens with zero attached hydrogens (tertiary/aromatic N) is 4. The molecule has 0 unspecified atom stereocenters. The van der Waals surface area contributed by atoms with E-state index in [4.69, 9.17) is 4.74 Å². The highest BCUT2D eigenvalue weighted by molar-refractivity contribution is 5.80. The molecule has 2 aromatic heterocycles. The fourth-order valence-corrected chi connectivity index (χ4v) is 3.95. The lowest BCUT2D eigenvalue weighted by Gasteiger charge is -2.33. The van der Waals surface area contributed by atoms with Crippen LogP contribution in [-0.4, -0.2) is 40.6 Å². The average Bonchev–Trinajstić information content (AvgIpc) is 2.78. The molecule has 1 saturated heterocycles. The first-order chi connectivity index (χ1) is 15.0. The number of amides is 1. The standard InChI is InChI=1S/C24H29N5O2/c1-4-31-21-9-5-7-18(11-21)13-26-24(30)19-8-6-10-29(15-19)20-12-22-23(25-14-20)28-17(3)16(2)27-22/h5,7,9,11-12,14,19H,4,6,8,10,13,15H2,1-3H3,(H,26,30)/t19-/m1/s1. The van der Waals surface area contributed by atoms with E-state index in [9.17, 15) is 4.79 Å². The highest BCUT2D eigenvalue weighted by atomic mass is 16.5. The van der Waals surface area contributed by atoms with Crippen LogP contribution in [0.25, 0.3) is 11.2 Å². The van der Waals surface area contributed by atoms with Crippen molar-refractivity contribution in [3.63, 3.8) is 0 Å². The van der Waals surface area contributed by atoms with Crippen LogP contribution in [0.3, 0.4) is 0 Å². The van der Waals surface area contributed by atoms with Gasteiger partial charge in [-0.25, -0.2) is 15.0 Å². The van der Waals surface area contributed by atoms with Gasteiger partial charge < -0.3 is 15.0 Å². The van der Waals surface area contributed by atoms with Crippen molar-refractivity contribution in [2.45, 2.75) is 40.2 Å². The molecule has 1 fully saturated rings. The number of carbonyl (C=O) groups excluding carboxylic acids is 1. The van der Waals surface area contributed by atoms with E-state index in [1.165, 1.54) is 0 Å². The third-order valence-electron chi connectivity index (χ3n) is 5.75. The molecule has 0 aliphatic carbocycles. The Bertz CT molecular complexity index is 1080. The van der Waals surface area contributed by atoms with E-state index in [1.54, 1.807) is 0 Å². The van der Waals surface area contributed by atoms with Gasteiger partial charge in [-0.3, -0.25) is 4.79 Å². The largest absolute Gasteiger partial charge is 0.494 e. The van der Waals surface area contributed by atoms with Crippen LogP contribution in [0.15, 0.2) is 36.5 Å². The van der Waals surface area contributed by atoms with Gasteiger partial charge in [-0.1, -0.05) is 12.1 Å². The third-order valence-corrected chi connectivity index (χ3v) is 5.75. The van der Waals surface area contributed by atoms with Gasteiger partial charge in [0.25, 0.3) is 0 Å². The van der Waals surface area contributed by atoms with E-state index in [-0.39, 0.29) is 11.8 Å². The normalized spacial score (nSPS) is 16.4. The van der Waals surface area contributed by atoms with Crippen LogP contribution >= 0.6 is 0 Å². The zero-order chi connectivity index (χ0) is 21.8. The molecule has 3 heterocycles. The quantitative estimate of drug-likeness (QED) is 0.658. The summed E-state index contributed by atoms with van der Waals surface area (Å²) in [6, 6.07) is 9.89. The van der Waals surface area contributed by atoms with Crippen LogP contribution < -0.4 is 15.0 Å². The summed E-state index contributed by atoms with van der Waals surface area (Å²) in [6.45, 7) is 8.58. The topological polar surface area (TPSA) is 80.2 Å². The maximum atomic E-state index is 12.8. The molecule has 0 spiro atoms. The number of ether oxygens (including phenoxy) is 1. The lowest BCUT2D eigenvalue weighted by molar-refractivity contribution is -0.125. The smallest absolute Gasteiger partial charge is 0.225 e. The Morgan fingerprint density at radius 2 is 2.06 bits per heavy atom. The number of hydrogen-bond acceptors (Lipinski definition) is 6. The van der Waals surface area contributed by atoms with Crippen molar-refractivity contribution >= 4 is 22.8 Å². The van der Waals surface area contributed by atoms with Gasteiger partial charge in [0.1, 0.15) is 11.3 Å². The summed E-state index contributed by atoms with van der Waals surface area (Å²) in [5.74, 6) is 0.868. The number of anilines is 1. The first kappa shape index (κ1) is 21.0. The van der Waals surface area contributed by atoms with Gasteiger partial charge >= 0.3 is 0 Å². The van der Waals surface area contributed by atoms with Gasteiger partial charge in [-0.15, -0.1) is 0 Å². The van der Waals surface area contributed by atoms with Crippen LogP contribution in [0.5, 0.6) is 5.75 Å². The second kappa shape index (κ2) is 9.29. The van der Waals surface area contributed by atoms with E-state index in [0.29, 0.717) is 25.3 Å². The van der Waals surface area contributed by atoms with Crippen LogP contribution in [0.1, 0.15) is 36.7 Å². The fraction of sp³-hybridized carbons (Fsp3) is 0.417. The Morgan fingerprint density at radius 3 is 2.90 bits per heavy atom. The molecule has 0 bridgehead atoms. The van der Waals surface area contributed by atoms with Crippen LogP contribution in [0.4, 0.5) is 5.69 Å². The van der Waals surface area contributed by atoms with Crippen molar-refractivity contribution in [2.75, 3.05) is 24.6 Å². The van der Waals surface area contributed by atoms with Gasteiger partial charge in [0.15, 0.2) is 5.65 Å². The zero-order valence-electron chi connectivity index (χ0n) is 18.4. The third kappa shape index (κ3) is 4.93. The maximum absolute atomic E-state index is 12.8. The fourth-order valence-electron chi connectivity index (χ4n) is 3.95. The number of rotatable bonds is 6. The van der Waals surface area contributed by atoms with E-state index < -0.39 is 0 Å². The van der Waals surface area contributed by atoms with E-state index >= 15 is 0 Å². The number of benzene rings is 1. The van der Waals surface area contributed by atoms with Gasteiger partial charge in [0.05, 0.1) is 35.8 Å². The summed E-state index contributed by atoms with van der Waals surface area (Å²) in [6.07, 6.45) is 3.69. The molecule has 0 radical (unpaired) electrons. The number of aromatic nitrogens is 3. The Balaban J connectivity index is 1.41. The van der Waals surface area contributed by atoms with Crippen molar-refractivity contribution in [3.8, 4) is 5.75 Å². The first-order valence-electron chi connectivity index (χ1n) is 10.9. The number of nitrogens with one attached hydrogen (secondary N) is 1. The Morgan fingerprint density at radius 1 is 1.23 bits per heavy atom. The van der Waals surface area contributed by atoms with Gasteiger partial charge in [0, 0.05) is 19.6 Å². The van der Waals surface area contributed by atoms with E-state index in [1.807, 2.05) is 57.3 Å². The number of hydrogen-bond donors (Lipinski definition) is 1. The van der Waals surface area contributed by atoms with Gasteiger partial charge in [-0.2, -0.15) is 0 Å². The molecule has 3 aromatic rings. The highest BCUT2D eigenvalue weighted by Crippen LogP contribution is 2.25. The summed E-state index contributed by atoms with van der Waals surface area (Å²) in [5, 5.41) is 3.09. The number of piperidine rings is 1. The van der Waals surface area contributed by atoms with Crippen LogP contribution in [0.2, 0.25) is 0 Å². The lowest BCUT2D eigenvalue weighted by Crippen LogP contribution is -2.43. The summed E-state index contributed by atoms with van der Waals surface area (Å²) in [4.78, 5) is 28.7. The molecule has 1 aromatic carbocycles. The molecule has 7 heteroatoms. The number of pyridine rings is 1. The molecule has 0 saturated carbocycles. The van der Waals surface area contributed by atoms with Gasteiger partial charge in [0.2, 0.25) is 5.91 Å². The van der Waals surface area contributed by atoms with Crippen molar-refractivity contribution in [1.29, 1.82) is 0 Å². The predicted molar refractivity (Wildman–Crippen MR) is 121 cm³/mol. The molecule has 1 atom stereocenters. The lowest BCUT2D eigenvalue weighted by atomic mass is 9.96. The zero-order valence-corrected chi connectivity index (χ0v) is 18.4. The molecule has 1 aliphatic rings. The van der Waals surface area contributed by atoms with Crippen molar-refractivity contribution < 1.29 is 9.53 Å². The van der Waals surface area contributed by atoms with E-state index in [0.717, 1.165) is 53.3 Å². The van der Waals surface area contributed by atoms with Crippen molar-refractivity contribution in [2.24, 2.45) is 5.92 Å². The predicted octanol–water partition coefficient (Wildman–Crippen LogP) is 3.57. The highest BCUT2D eigenvalue weighted by Gasteiger charge is 2.26. The maximum Gasteiger partial charge on any atom is 0.225 e. The van der Waals surface area contributed by atoms with Crippen LogP contribution in [0, 0.1) is 19.8 Å². The molecule has 4 rings (SSSR count). The number of aryl methyl sites for hydroxylation is 2. The van der Waals surface area contributed by atoms with Crippen LogP contribution in [-0.2, 0) is 11.3 Å². The molecule has 162 valence electrons. The average molecular weight is 420 g/mol. The molecular weight excluding hydrogens is 390 g/mol. The second-order valence-corrected chi connectivity index (χ2v) is 8.01. The first-order valence-corrected chi connectivity index (χ1v) is 10.9. The monoisotopic (exact) mass is 419 g/mol. The minimum Gasteiger partial charge on any atom is -0.494 e. The second-order valence-electron chi connectivity index (χ2n) is 8.01. The summed E-state index contributed by atoms with van der Waals surface area (Å²) >= 11 is 0. The van der Waals surface area contributed by atoms with Gasteiger partial charge in [-0.05, 0) is 57.4 Å². The Kier molecular flexibility index (Phi) is 6.30. The number of carbonyl (C=O) groups is 1. The minimum atomic E-state index is -0.0506. The SMILES string of the molecule is CCOc1cccc(CNC(=O)[C@@H]2CCCN(c3cnc4nc(C)c(C)nc4c3)C2)c1. The number of fused-ring (bicyclic) bond motifs is 1. The van der Waals surface area contributed by atoms with E-state index in [2.05, 4.69) is 25.2 Å². The molecule has 7 nitrogen and oxygen atoms in total. The van der Waals surface area contributed by atoms with Crippen molar-refractivity contribution in [3.05, 3.63) is 53.5 Å².